The fraction of sp³-hybridized carbons (Fsp3) is 0.150. The molecule has 0 saturated carbocycles. The van der Waals surface area contributed by atoms with E-state index in [9.17, 15) is 4.79 Å². The molecule has 0 aliphatic heterocycles. The molecule has 4 aromatic rings. The number of thiazole rings is 1. The smallest absolute Gasteiger partial charge is 0.253 e. The van der Waals surface area contributed by atoms with Crippen molar-refractivity contribution in [2.45, 2.75) is 13.3 Å². The molecule has 5 nitrogen and oxygen atoms in total. The normalized spacial score (nSPS) is 11.0. The molecule has 0 aromatic carbocycles. The molecule has 0 spiro atoms. The summed E-state index contributed by atoms with van der Waals surface area (Å²) < 4.78 is 2.02. The van der Waals surface area contributed by atoms with Gasteiger partial charge in [0.25, 0.3) is 5.91 Å². The van der Waals surface area contributed by atoms with E-state index < -0.39 is 0 Å². The first-order chi connectivity index (χ1) is 12.7. The van der Waals surface area contributed by atoms with Crippen molar-refractivity contribution in [2.75, 3.05) is 6.54 Å². The highest BCUT2D eigenvalue weighted by Crippen LogP contribution is 2.27. The van der Waals surface area contributed by atoms with E-state index in [1.165, 1.54) is 0 Å². The average Bonchev–Trinajstić information content (AvgIpc) is 3.26. The van der Waals surface area contributed by atoms with Gasteiger partial charge in [-0.1, -0.05) is 12.1 Å². The molecular weight excluding hydrogens is 344 g/mol. The summed E-state index contributed by atoms with van der Waals surface area (Å²) in [6.07, 6.45) is 6.29. The molecule has 1 amide bonds. The molecule has 0 aliphatic rings. The van der Waals surface area contributed by atoms with Gasteiger partial charge in [-0.3, -0.25) is 9.78 Å². The Morgan fingerprint density at radius 3 is 2.96 bits per heavy atom. The number of aryl methyl sites for hydroxylation is 1. The van der Waals surface area contributed by atoms with Crippen molar-refractivity contribution >= 4 is 22.8 Å². The van der Waals surface area contributed by atoms with Crippen LogP contribution in [0.1, 0.15) is 20.9 Å². The van der Waals surface area contributed by atoms with Crippen LogP contribution in [0.4, 0.5) is 0 Å². The molecule has 6 heteroatoms. The van der Waals surface area contributed by atoms with Crippen LogP contribution in [0.5, 0.6) is 0 Å². The van der Waals surface area contributed by atoms with Crippen LogP contribution in [0, 0.1) is 6.92 Å². The number of hydrogen-bond acceptors (Lipinski definition) is 4. The van der Waals surface area contributed by atoms with Crippen molar-refractivity contribution < 1.29 is 4.79 Å². The van der Waals surface area contributed by atoms with Gasteiger partial charge in [-0.15, -0.1) is 11.3 Å². The second-order valence-electron chi connectivity index (χ2n) is 6.02. The van der Waals surface area contributed by atoms with Gasteiger partial charge in [0.05, 0.1) is 27.5 Å². The second-order valence-corrected chi connectivity index (χ2v) is 7.08. The van der Waals surface area contributed by atoms with Gasteiger partial charge in [0, 0.05) is 30.5 Å². The van der Waals surface area contributed by atoms with Gasteiger partial charge in [0.2, 0.25) is 0 Å². The summed E-state index contributed by atoms with van der Waals surface area (Å²) in [5, 5.41) is 6.04. The van der Waals surface area contributed by atoms with E-state index in [-0.39, 0.29) is 5.91 Å². The zero-order valence-electron chi connectivity index (χ0n) is 14.3. The summed E-state index contributed by atoms with van der Waals surface area (Å²) in [6.45, 7) is 2.55. The predicted molar refractivity (Wildman–Crippen MR) is 104 cm³/mol. The number of hydrogen-bond donors (Lipinski definition) is 1. The van der Waals surface area contributed by atoms with Crippen molar-refractivity contribution in [1.82, 2.24) is 19.7 Å². The summed E-state index contributed by atoms with van der Waals surface area (Å²) in [5.74, 6) is -0.0733. The minimum Gasteiger partial charge on any atom is -0.352 e. The number of amides is 1. The lowest BCUT2D eigenvalue weighted by Crippen LogP contribution is -2.25. The minimum absolute atomic E-state index is 0.0733. The number of rotatable bonds is 5. The summed E-state index contributed by atoms with van der Waals surface area (Å²) >= 11 is 1.61. The first-order valence-electron chi connectivity index (χ1n) is 8.42. The van der Waals surface area contributed by atoms with Gasteiger partial charge < -0.3 is 9.72 Å². The Bertz CT molecular complexity index is 1050. The maximum atomic E-state index is 12.7. The Labute approximate surface area is 155 Å². The molecule has 1 N–H and O–H groups in total. The van der Waals surface area contributed by atoms with E-state index >= 15 is 0 Å². The lowest BCUT2D eigenvalue weighted by Gasteiger charge is -2.04. The zero-order valence-corrected chi connectivity index (χ0v) is 15.2. The SMILES string of the molecule is Cc1nc(-c2cc(C(=O)NCCc3cccnc3)c3ccccn23)cs1. The van der Waals surface area contributed by atoms with Crippen molar-refractivity contribution in [1.29, 1.82) is 0 Å². The Kier molecular flexibility index (Phi) is 4.50. The topological polar surface area (TPSA) is 59.3 Å². The fourth-order valence-electron chi connectivity index (χ4n) is 2.97. The molecule has 0 saturated heterocycles. The number of aromatic nitrogens is 3. The van der Waals surface area contributed by atoms with E-state index in [1.807, 2.05) is 65.5 Å². The Morgan fingerprint density at radius 2 is 2.19 bits per heavy atom. The van der Waals surface area contributed by atoms with E-state index in [0.717, 1.165) is 33.9 Å². The highest BCUT2D eigenvalue weighted by atomic mass is 32.1. The van der Waals surface area contributed by atoms with Crippen molar-refractivity contribution in [2.24, 2.45) is 0 Å². The van der Waals surface area contributed by atoms with Gasteiger partial charge in [-0.25, -0.2) is 4.98 Å². The summed E-state index contributed by atoms with van der Waals surface area (Å²) in [6, 6.07) is 11.7. The molecule has 0 radical (unpaired) electrons. The molecule has 0 unspecified atom stereocenters. The summed E-state index contributed by atoms with van der Waals surface area (Å²) in [7, 11) is 0. The Balaban J connectivity index is 1.59. The van der Waals surface area contributed by atoms with Crippen LogP contribution in [0.25, 0.3) is 16.9 Å². The second kappa shape index (κ2) is 7.09. The molecule has 0 aliphatic carbocycles. The lowest BCUT2D eigenvalue weighted by atomic mass is 10.2. The molecule has 4 rings (SSSR count). The monoisotopic (exact) mass is 362 g/mol. The molecule has 0 atom stereocenters. The van der Waals surface area contributed by atoms with Gasteiger partial charge in [-0.05, 0) is 43.2 Å². The third-order valence-corrected chi connectivity index (χ3v) is 5.00. The van der Waals surface area contributed by atoms with E-state index in [1.54, 1.807) is 17.5 Å². The minimum atomic E-state index is -0.0733. The number of fused-ring (bicyclic) bond motifs is 1. The van der Waals surface area contributed by atoms with E-state index in [0.29, 0.717) is 12.1 Å². The summed E-state index contributed by atoms with van der Waals surface area (Å²) in [4.78, 5) is 21.4. The quantitative estimate of drug-likeness (QED) is 0.588. The Hall–Kier alpha value is -2.99. The highest BCUT2D eigenvalue weighted by molar-refractivity contribution is 7.09. The van der Waals surface area contributed by atoms with Gasteiger partial charge in [0.1, 0.15) is 0 Å². The highest BCUT2D eigenvalue weighted by Gasteiger charge is 2.17. The van der Waals surface area contributed by atoms with Crippen LogP contribution in [-0.2, 0) is 6.42 Å². The molecular formula is C20H18N4OS. The van der Waals surface area contributed by atoms with Crippen LogP contribution in [0.3, 0.4) is 0 Å². The molecule has 130 valence electrons. The zero-order chi connectivity index (χ0) is 17.9. The standard InChI is InChI=1S/C20H18N4OS/c1-14-23-17(13-26-14)19-11-16(18-6-2-3-10-24(18)19)20(25)22-9-7-15-5-4-8-21-12-15/h2-6,8,10-13H,7,9H2,1H3,(H,22,25). The summed E-state index contributed by atoms with van der Waals surface area (Å²) in [5.41, 5.74) is 4.48. The number of nitrogens with zero attached hydrogens (tertiary/aromatic N) is 3. The van der Waals surface area contributed by atoms with Gasteiger partial charge in [0.15, 0.2) is 0 Å². The molecule has 4 heterocycles. The molecule has 4 aromatic heterocycles. The molecule has 0 bridgehead atoms. The van der Waals surface area contributed by atoms with E-state index in [4.69, 9.17) is 0 Å². The van der Waals surface area contributed by atoms with Crippen LogP contribution < -0.4 is 5.32 Å². The maximum Gasteiger partial charge on any atom is 0.253 e. The number of carbonyl (C=O) groups is 1. The van der Waals surface area contributed by atoms with Crippen LogP contribution >= 0.6 is 11.3 Å². The van der Waals surface area contributed by atoms with Gasteiger partial charge >= 0.3 is 0 Å². The molecule has 0 fully saturated rings. The van der Waals surface area contributed by atoms with Crippen LogP contribution in [0.15, 0.2) is 60.4 Å². The van der Waals surface area contributed by atoms with Crippen molar-refractivity contribution in [3.63, 3.8) is 0 Å². The average molecular weight is 362 g/mol. The third-order valence-electron chi connectivity index (χ3n) is 4.22. The van der Waals surface area contributed by atoms with Crippen LogP contribution in [-0.4, -0.2) is 26.8 Å². The predicted octanol–water partition coefficient (Wildman–Crippen LogP) is 3.74. The number of nitrogens with one attached hydrogen (secondary N) is 1. The fourth-order valence-corrected chi connectivity index (χ4v) is 3.58. The maximum absolute atomic E-state index is 12.7. The lowest BCUT2D eigenvalue weighted by molar-refractivity contribution is 0.0956. The Morgan fingerprint density at radius 1 is 1.27 bits per heavy atom. The number of carbonyl (C=O) groups excluding carboxylic acids is 1. The number of pyridine rings is 2. The first-order valence-corrected chi connectivity index (χ1v) is 9.30. The van der Waals surface area contributed by atoms with Crippen molar-refractivity contribution in [3.8, 4) is 11.4 Å². The van der Waals surface area contributed by atoms with Gasteiger partial charge in [-0.2, -0.15) is 0 Å². The third kappa shape index (κ3) is 3.23. The largest absolute Gasteiger partial charge is 0.352 e. The van der Waals surface area contributed by atoms with Crippen LogP contribution in [0.2, 0.25) is 0 Å². The first kappa shape index (κ1) is 16.5. The van der Waals surface area contributed by atoms with E-state index in [2.05, 4.69) is 15.3 Å². The van der Waals surface area contributed by atoms with Crippen molar-refractivity contribution in [3.05, 3.63) is 76.5 Å². The molecule has 26 heavy (non-hydrogen) atoms.